The molecule has 1 unspecified atom stereocenters. The molecule has 0 aliphatic carbocycles. The van der Waals surface area contributed by atoms with Crippen molar-refractivity contribution in [1.29, 1.82) is 0 Å². The van der Waals surface area contributed by atoms with Gasteiger partial charge in [0, 0.05) is 0 Å². The van der Waals surface area contributed by atoms with E-state index in [1.54, 1.807) is 76.2 Å². The van der Waals surface area contributed by atoms with Crippen LogP contribution in [0, 0.1) is 11.8 Å². The van der Waals surface area contributed by atoms with Crippen molar-refractivity contribution in [2.24, 2.45) is 11.8 Å². The molecule has 14 heteroatoms. The van der Waals surface area contributed by atoms with Crippen molar-refractivity contribution in [3.8, 4) is 0 Å². The zero-order valence-electron chi connectivity index (χ0n) is 26.1. The van der Waals surface area contributed by atoms with Crippen LogP contribution in [0.15, 0.2) is 60.7 Å². The van der Waals surface area contributed by atoms with Gasteiger partial charge >= 0.3 is 36.1 Å². The number of rotatable bonds is 17. The van der Waals surface area contributed by atoms with Gasteiger partial charge < -0.3 is 39.4 Å². The maximum atomic E-state index is 13.1. The molecule has 2 amide bonds. The summed E-state index contributed by atoms with van der Waals surface area (Å²) >= 11 is 0. The Hall–Kier alpha value is -5.14. The predicted octanol–water partition coefficient (Wildman–Crippen LogP) is 3.36. The first kappa shape index (κ1) is 37.0. The van der Waals surface area contributed by atoms with Crippen LogP contribution in [-0.4, -0.2) is 72.6 Å². The number of hydrogen-bond acceptors (Lipinski definition) is 11. The van der Waals surface area contributed by atoms with E-state index in [1.807, 2.05) is 12.1 Å². The standard InChI is InChI=1S/C32H40N2O12/c1-20(2)27(33-31(40)44-16-22-11-7-5-8-12-22)29(38)43-19-24(18-42-26(37)15-25(35)36)46-30(39)28(21(3)4)34-32(41)45-17-23-13-9-6-10-14-23/h5-14,20-21,24,27-28H,15-19H2,1-4H3,(H,33,40)(H,34,41)(H,35,36)/t24?,27-,28-/m0/s1. The maximum Gasteiger partial charge on any atom is 0.408 e. The number of carboxylic acids is 1. The Morgan fingerprint density at radius 2 is 1.07 bits per heavy atom. The fraction of sp³-hybridized carbons (Fsp3) is 0.438. The van der Waals surface area contributed by atoms with E-state index in [9.17, 15) is 28.8 Å². The van der Waals surface area contributed by atoms with Crippen LogP contribution in [0.3, 0.4) is 0 Å². The number of aliphatic carboxylic acids is 1. The molecule has 3 N–H and O–H groups in total. The SMILES string of the molecule is CC(C)[C@H](NC(=O)OCc1ccccc1)C(=O)OCC(COC(=O)CC(=O)O)OC(=O)[C@@H](NC(=O)OCc1ccccc1)C(C)C. The van der Waals surface area contributed by atoms with Gasteiger partial charge in [-0.25, -0.2) is 19.2 Å². The summed E-state index contributed by atoms with van der Waals surface area (Å²) in [5.74, 6) is -5.33. The quantitative estimate of drug-likeness (QED) is 0.129. The summed E-state index contributed by atoms with van der Waals surface area (Å²) in [7, 11) is 0. The Morgan fingerprint density at radius 3 is 1.50 bits per heavy atom. The number of benzene rings is 2. The molecule has 0 spiro atoms. The second-order valence-corrected chi connectivity index (χ2v) is 10.8. The number of carbonyl (C=O) groups is 6. The molecule has 0 saturated heterocycles. The lowest BCUT2D eigenvalue weighted by molar-refractivity contribution is -0.170. The number of carbonyl (C=O) groups excluding carboxylic acids is 5. The first-order chi connectivity index (χ1) is 21.8. The van der Waals surface area contributed by atoms with Gasteiger partial charge in [0.1, 0.15) is 44.9 Å². The Balaban J connectivity index is 2.04. The van der Waals surface area contributed by atoms with Crippen molar-refractivity contribution in [2.75, 3.05) is 13.2 Å². The Bertz CT molecular complexity index is 1300. The van der Waals surface area contributed by atoms with E-state index < -0.39 is 85.7 Å². The number of alkyl carbamates (subject to hydrolysis) is 2. The lowest BCUT2D eigenvalue weighted by Gasteiger charge is -2.25. The predicted molar refractivity (Wildman–Crippen MR) is 161 cm³/mol. The number of carboxylic acid groups (broad SMARTS) is 1. The van der Waals surface area contributed by atoms with Crippen LogP contribution >= 0.6 is 0 Å². The van der Waals surface area contributed by atoms with Gasteiger partial charge in [-0.3, -0.25) is 9.59 Å². The lowest BCUT2D eigenvalue weighted by Crippen LogP contribution is -2.48. The third kappa shape index (κ3) is 14.1. The van der Waals surface area contributed by atoms with Gasteiger partial charge in [-0.15, -0.1) is 0 Å². The number of nitrogens with one attached hydrogen (secondary N) is 2. The smallest absolute Gasteiger partial charge is 0.408 e. The highest BCUT2D eigenvalue weighted by Crippen LogP contribution is 2.11. The minimum Gasteiger partial charge on any atom is -0.481 e. The number of ether oxygens (including phenoxy) is 5. The van der Waals surface area contributed by atoms with E-state index in [0.29, 0.717) is 0 Å². The molecule has 2 rings (SSSR count). The van der Waals surface area contributed by atoms with Crippen molar-refractivity contribution in [1.82, 2.24) is 10.6 Å². The Kier molecular flexibility index (Phi) is 15.5. The highest BCUT2D eigenvalue weighted by molar-refractivity contribution is 5.90. The largest absolute Gasteiger partial charge is 0.481 e. The van der Waals surface area contributed by atoms with Crippen LogP contribution in [0.25, 0.3) is 0 Å². The van der Waals surface area contributed by atoms with E-state index in [-0.39, 0.29) is 13.2 Å². The molecule has 14 nitrogen and oxygen atoms in total. The molecule has 3 atom stereocenters. The minimum absolute atomic E-state index is 0.0306. The molecule has 0 aliphatic rings. The molecule has 0 aromatic heterocycles. The average molecular weight is 645 g/mol. The van der Waals surface area contributed by atoms with Gasteiger partial charge in [-0.1, -0.05) is 88.4 Å². The van der Waals surface area contributed by atoms with Crippen molar-refractivity contribution in [3.05, 3.63) is 71.8 Å². The first-order valence-corrected chi connectivity index (χ1v) is 14.5. The molecule has 250 valence electrons. The summed E-state index contributed by atoms with van der Waals surface area (Å²) in [6, 6.07) is 15.4. The number of esters is 3. The van der Waals surface area contributed by atoms with Crippen molar-refractivity contribution >= 4 is 36.1 Å². The van der Waals surface area contributed by atoms with Gasteiger partial charge in [-0.05, 0) is 23.0 Å². The molecule has 0 heterocycles. The van der Waals surface area contributed by atoms with Gasteiger partial charge in [-0.2, -0.15) is 0 Å². The van der Waals surface area contributed by atoms with Gasteiger partial charge in [0.25, 0.3) is 0 Å². The summed E-state index contributed by atoms with van der Waals surface area (Å²) in [6.07, 6.45) is -4.10. The van der Waals surface area contributed by atoms with Crippen LogP contribution in [-0.2, 0) is 56.1 Å². The van der Waals surface area contributed by atoms with Crippen LogP contribution < -0.4 is 10.6 Å². The zero-order chi connectivity index (χ0) is 34.1. The molecule has 0 saturated carbocycles. The number of amides is 2. The van der Waals surface area contributed by atoms with Crippen molar-refractivity contribution < 1.29 is 57.6 Å². The topological polar surface area (TPSA) is 193 Å². The molecule has 0 fully saturated rings. The fourth-order valence-electron chi connectivity index (χ4n) is 3.76. The summed E-state index contributed by atoms with van der Waals surface area (Å²) in [4.78, 5) is 73.6. The van der Waals surface area contributed by atoms with Crippen molar-refractivity contribution in [2.45, 2.75) is 65.5 Å². The van der Waals surface area contributed by atoms with Crippen molar-refractivity contribution in [3.63, 3.8) is 0 Å². The molecule has 0 aliphatic heterocycles. The minimum atomic E-state index is -1.44. The Morgan fingerprint density at radius 1 is 0.630 bits per heavy atom. The Labute approximate surface area is 266 Å². The highest BCUT2D eigenvalue weighted by Gasteiger charge is 2.32. The second-order valence-electron chi connectivity index (χ2n) is 10.8. The molecular weight excluding hydrogens is 604 g/mol. The molecule has 0 bridgehead atoms. The third-order valence-electron chi connectivity index (χ3n) is 6.23. The van der Waals surface area contributed by atoms with Gasteiger partial charge in [0.15, 0.2) is 6.10 Å². The molecule has 46 heavy (non-hydrogen) atoms. The lowest BCUT2D eigenvalue weighted by atomic mass is 10.0. The van der Waals surface area contributed by atoms with Gasteiger partial charge in [0.05, 0.1) is 0 Å². The van der Waals surface area contributed by atoms with E-state index in [4.69, 9.17) is 28.8 Å². The zero-order valence-corrected chi connectivity index (χ0v) is 26.1. The van der Waals surface area contributed by atoms with E-state index in [1.165, 1.54) is 0 Å². The third-order valence-corrected chi connectivity index (χ3v) is 6.23. The fourth-order valence-corrected chi connectivity index (χ4v) is 3.76. The second kappa shape index (κ2) is 19.3. The summed E-state index contributed by atoms with van der Waals surface area (Å²) in [6.45, 7) is 5.23. The van der Waals surface area contributed by atoms with E-state index >= 15 is 0 Å². The van der Waals surface area contributed by atoms with E-state index in [2.05, 4.69) is 10.6 Å². The maximum absolute atomic E-state index is 13.1. The highest BCUT2D eigenvalue weighted by atomic mass is 16.6. The van der Waals surface area contributed by atoms with Crippen LogP contribution in [0.4, 0.5) is 9.59 Å². The molecule has 2 aromatic rings. The summed E-state index contributed by atoms with van der Waals surface area (Å²) in [5.41, 5.74) is 1.46. The average Bonchev–Trinajstić information content (AvgIpc) is 3.01. The molecular formula is C32H40N2O12. The van der Waals surface area contributed by atoms with Crippen LogP contribution in [0.2, 0.25) is 0 Å². The van der Waals surface area contributed by atoms with Crippen LogP contribution in [0.5, 0.6) is 0 Å². The molecule has 2 aromatic carbocycles. The summed E-state index contributed by atoms with van der Waals surface area (Å²) < 4.78 is 26.0. The first-order valence-electron chi connectivity index (χ1n) is 14.5. The monoisotopic (exact) mass is 644 g/mol. The number of hydrogen-bond donors (Lipinski definition) is 3. The van der Waals surface area contributed by atoms with E-state index in [0.717, 1.165) is 11.1 Å². The normalized spacial score (nSPS) is 12.7. The molecule has 0 radical (unpaired) electrons. The summed E-state index contributed by atoms with van der Waals surface area (Å²) in [5, 5.41) is 13.7. The van der Waals surface area contributed by atoms with Gasteiger partial charge in [0.2, 0.25) is 0 Å². The van der Waals surface area contributed by atoms with Crippen LogP contribution in [0.1, 0.15) is 45.2 Å².